The van der Waals surface area contributed by atoms with Crippen LogP contribution in [0.1, 0.15) is 14.5 Å². The number of allylic oxidation sites excluding steroid dienone is 3. The van der Waals surface area contributed by atoms with Crippen LogP contribution in [0.15, 0.2) is 48.8 Å². The number of carbonyl (C=O) groups excluding carboxylic acids is 1. The van der Waals surface area contributed by atoms with E-state index in [1.54, 1.807) is 18.2 Å². The molecule has 0 aliphatic carbocycles. The van der Waals surface area contributed by atoms with Crippen LogP contribution in [-0.4, -0.2) is 12.3 Å². The SMILES string of the molecule is C=C/C=C(\C=C/N)NCC(=O)c1ccc(C)s1. The highest BCUT2D eigenvalue weighted by Gasteiger charge is 2.07. The molecule has 1 aromatic heterocycles. The molecular formula is C13H16N2OS. The minimum absolute atomic E-state index is 0.0727. The van der Waals surface area contributed by atoms with Crippen molar-refractivity contribution in [2.24, 2.45) is 5.73 Å². The Hall–Kier alpha value is -1.81. The second-order valence-corrected chi connectivity index (χ2v) is 4.69. The number of rotatable bonds is 6. The molecule has 0 radical (unpaired) electrons. The quantitative estimate of drug-likeness (QED) is 0.600. The third-order valence-electron chi connectivity index (χ3n) is 2.04. The molecule has 1 heterocycles. The summed E-state index contributed by atoms with van der Waals surface area (Å²) < 4.78 is 0. The average Bonchev–Trinajstić information content (AvgIpc) is 2.73. The summed E-state index contributed by atoms with van der Waals surface area (Å²) in [6.07, 6.45) is 6.51. The molecule has 0 bridgehead atoms. The van der Waals surface area contributed by atoms with Crippen LogP contribution in [0.3, 0.4) is 0 Å². The molecule has 0 amide bonds. The summed E-state index contributed by atoms with van der Waals surface area (Å²) in [6.45, 7) is 5.83. The molecule has 3 N–H and O–H groups in total. The average molecular weight is 248 g/mol. The summed E-state index contributed by atoms with van der Waals surface area (Å²) in [5.41, 5.74) is 6.07. The maximum absolute atomic E-state index is 11.8. The number of thiophene rings is 1. The van der Waals surface area contributed by atoms with Gasteiger partial charge in [0.15, 0.2) is 5.78 Å². The first-order valence-corrected chi connectivity index (χ1v) is 6.03. The Morgan fingerprint density at radius 1 is 1.59 bits per heavy atom. The third kappa shape index (κ3) is 4.28. The minimum atomic E-state index is 0.0727. The lowest BCUT2D eigenvalue weighted by Crippen LogP contribution is -2.21. The summed E-state index contributed by atoms with van der Waals surface area (Å²) in [4.78, 5) is 13.7. The molecule has 0 saturated heterocycles. The van der Waals surface area contributed by atoms with E-state index in [1.165, 1.54) is 17.5 Å². The standard InChI is InChI=1S/C13H16N2OS/c1-3-4-11(7-8-14)15-9-12(16)13-6-5-10(2)17-13/h3-8,15H,1,9,14H2,2H3/b8-7-,11-4+. The smallest absolute Gasteiger partial charge is 0.191 e. The summed E-state index contributed by atoms with van der Waals surface area (Å²) in [7, 11) is 0. The van der Waals surface area contributed by atoms with Crippen molar-refractivity contribution in [3.8, 4) is 0 Å². The summed E-state index contributed by atoms with van der Waals surface area (Å²) >= 11 is 1.50. The van der Waals surface area contributed by atoms with Gasteiger partial charge in [-0.15, -0.1) is 11.3 Å². The fourth-order valence-electron chi connectivity index (χ4n) is 1.26. The molecule has 0 aliphatic rings. The number of hydrogen-bond donors (Lipinski definition) is 2. The molecular weight excluding hydrogens is 232 g/mol. The van der Waals surface area contributed by atoms with E-state index in [1.807, 2.05) is 19.1 Å². The van der Waals surface area contributed by atoms with Gasteiger partial charge in [0.25, 0.3) is 0 Å². The molecule has 17 heavy (non-hydrogen) atoms. The number of nitrogens with one attached hydrogen (secondary N) is 1. The zero-order valence-electron chi connectivity index (χ0n) is 9.77. The van der Waals surface area contributed by atoms with Crippen molar-refractivity contribution < 1.29 is 4.79 Å². The second kappa shape index (κ2) is 6.70. The van der Waals surface area contributed by atoms with Gasteiger partial charge in [-0.1, -0.05) is 12.7 Å². The number of nitrogens with two attached hydrogens (primary N) is 1. The predicted octanol–water partition coefficient (Wildman–Crippen LogP) is 2.37. The van der Waals surface area contributed by atoms with E-state index < -0.39 is 0 Å². The van der Waals surface area contributed by atoms with E-state index in [9.17, 15) is 4.79 Å². The minimum Gasteiger partial charge on any atom is -0.405 e. The molecule has 4 heteroatoms. The van der Waals surface area contributed by atoms with Gasteiger partial charge in [-0.25, -0.2) is 0 Å². The first-order valence-electron chi connectivity index (χ1n) is 5.22. The Balaban J connectivity index is 2.58. The first-order chi connectivity index (χ1) is 8.17. The lowest BCUT2D eigenvalue weighted by atomic mass is 10.3. The molecule has 1 aromatic rings. The highest BCUT2D eigenvalue weighted by atomic mass is 32.1. The van der Waals surface area contributed by atoms with Crippen molar-refractivity contribution in [1.82, 2.24) is 5.32 Å². The van der Waals surface area contributed by atoms with Crippen LogP contribution < -0.4 is 11.1 Å². The van der Waals surface area contributed by atoms with Gasteiger partial charge in [-0.05, 0) is 37.4 Å². The maximum Gasteiger partial charge on any atom is 0.191 e. The third-order valence-corrected chi connectivity index (χ3v) is 3.08. The number of aryl methyl sites for hydroxylation is 1. The molecule has 0 saturated carbocycles. The van der Waals surface area contributed by atoms with Crippen molar-refractivity contribution in [3.63, 3.8) is 0 Å². The van der Waals surface area contributed by atoms with Gasteiger partial charge in [-0.2, -0.15) is 0 Å². The molecule has 0 fully saturated rings. The van der Waals surface area contributed by atoms with Crippen LogP contribution in [0.4, 0.5) is 0 Å². The van der Waals surface area contributed by atoms with E-state index in [-0.39, 0.29) is 12.3 Å². The number of ketones is 1. The van der Waals surface area contributed by atoms with Crippen LogP contribution in [0.25, 0.3) is 0 Å². The Morgan fingerprint density at radius 3 is 2.88 bits per heavy atom. The topological polar surface area (TPSA) is 55.1 Å². The molecule has 0 unspecified atom stereocenters. The van der Waals surface area contributed by atoms with Crippen molar-refractivity contribution in [3.05, 3.63) is 58.6 Å². The number of hydrogen-bond acceptors (Lipinski definition) is 4. The highest BCUT2D eigenvalue weighted by Crippen LogP contribution is 2.15. The van der Waals surface area contributed by atoms with Gasteiger partial charge in [0.2, 0.25) is 0 Å². The normalized spacial score (nSPS) is 11.7. The van der Waals surface area contributed by atoms with Gasteiger partial charge in [0.1, 0.15) is 0 Å². The Labute approximate surface area is 105 Å². The van der Waals surface area contributed by atoms with Crippen LogP contribution in [0.2, 0.25) is 0 Å². The van der Waals surface area contributed by atoms with Gasteiger partial charge < -0.3 is 11.1 Å². The van der Waals surface area contributed by atoms with E-state index in [0.29, 0.717) is 0 Å². The van der Waals surface area contributed by atoms with E-state index in [2.05, 4.69) is 11.9 Å². The predicted molar refractivity (Wildman–Crippen MR) is 73.0 cm³/mol. The lowest BCUT2D eigenvalue weighted by Gasteiger charge is -2.04. The van der Waals surface area contributed by atoms with Crippen molar-refractivity contribution in [1.29, 1.82) is 0 Å². The summed E-state index contributed by atoms with van der Waals surface area (Å²) in [5.74, 6) is 0.0727. The monoisotopic (exact) mass is 248 g/mol. The van der Waals surface area contributed by atoms with E-state index in [0.717, 1.165) is 15.5 Å². The molecule has 0 aromatic carbocycles. The van der Waals surface area contributed by atoms with Crippen molar-refractivity contribution in [2.75, 3.05) is 6.54 Å². The lowest BCUT2D eigenvalue weighted by molar-refractivity contribution is 0.0998. The van der Waals surface area contributed by atoms with Gasteiger partial charge in [0.05, 0.1) is 11.4 Å². The first kappa shape index (κ1) is 13.3. The van der Waals surface area contributed by atoms with Gasteiger partial charge >= 0.3 is 0 Å². The van der Waals surface area contributed by atoms with Crippen LogP contribution >= 0.6 is 11.3 Å². The second-order valence-electron chi connectivity index (χ2n) is 3.40. The molecule has 0 spiro atoms. The molecule has 0 aliphatic heterocycles. The van der Waals surface area contributed by atoms with Crippen LogP contribution in [-0.2, 0) is 0 Å². The zero-order valence-corrected chi connectivity index (χ0v) is 10.6. The molecule has 3 nitrogen and oxygen atoms in total. The fourth-order valence-corrected chi connectivity index (χ4v) is 2.06. The zero-order chi connectivity index (χ0) is 12.7. The van der Waals surface area contributed by atoms with E-state index in [4.69, 9.17) is 5.73 Å². The van der Waals surface area contributed by atoms with Crippen molar-refractivity contribution in [2.45, 2.75) is 6.92 Å². The van der Waals surface area contributed by atoms with Crippen LogP contribution in [0, 0.1) is 6.92 Å². The maximum atomic E-state index is 11.8. The largest absolute Gasteiger partial charge is 0.405 e. The van der Waals surface area contributed by atoms with E-state index >= 15 is 0 Å². The Bertz CT molecular complexity index is 458. The fraction of sp³-hybridized carbons (Fsp3) is 0.154. The summed E-state index contributed by atoms with van der Waals surface area (Å²) in [5, 5.41) is 3.01. The highest BCUT2D eigenvalue weighted by molar-refractivity contribution is 7.14. The molecule has 1 rings (SSSR count). The Kier molecular flexibility index (Phi) is 5.23. The molecule has 0 atom stereocenters. The van der Waals surface area contributed by atoms with Crippen molar-refractivity contribution >= 4 is 17.1 Å². The summed E-state index contributed by atoms with van der Waals surface area (Å²) in [6, 6.07) is 3.79. The van der Waals surface area contributed by atoms with Gasteiger partial charge in [0, 0.05) is 10.6 Å². The molecule has 90 valence electrons. The Morgan fingerprint density at radius 2 is 2.35 bits per heavy atom. The van der Waals surface area contributed by atoms with Gasteiger partial charge in [-0.3, -0.25) is 4.79 Å². The number of carbonyl (C=O) groups is 1. The number of Topliss-reactive ketones (excluding diaryl/α,β-unsaturated/α-hetero) is 1. The van der Waals surface area contributed by atoms with Crippen LogP contribution in [0.5, 0.6) is 0 Å².